The molecule has 0 aromatic carbocycles. The summed E-state index contributed by atoms with van der Waals surface area (Å²) in [6, 6.07) is 3.80. The van der Waals surface area contributed by atoms with Crippen molar-refractivity contribution < 1.29 is 9.21 Å². The van der Waals surface area contributed by atoms with Gasteiger partial charge < -0.3 is 15.1 Å². The van der Waals surface area contributed by atoms with Crippen LogP contribution in [0.1, 0.15) is 50.2 Å². The van der Waals surface area contributed by atoms with Crippen LogP contribution in [0.2, 0.25) is 0 Å². The van der Waals surface area contributed by atoms with E-state index in [9.17, 15) is 4.79 Å². The van der Waals surface area contributed by atoms with Gasteiger partial charge in [0, 0.05) is 6.42 Å². The monoisotopic (exact) mass is 264 g/mol. The van der Waals surface area contributed by atoms with Crippen molar-refractivity contribution in [1.82, 2.24) is 10.6 Å². The molecule has 1 aromatic heterocycles. The Kier molecular flexibility index (Phi) is 5.02. The van der Waals surface area contributed by atoms with Gasteiger partial charge in [0.1, 0.15) is 11.5 Å². The van der Waals surface area contributed by atoms with Crippen LogP contribution in [0.5, 0.6) is 0 Å². The lowest BCUT2D eigenvalue weighted by molar-refractivity contribution is -0.122. The molecule has 19 heavy (non-hydrogen) atoms. The second-order valence-corrected chi connectivity index (χ2v) is 5.47. The summed E-state index contributed by atoms with van der Waals surface area (Å²) in [6.07, 6.45) is 4.01. The zero-order chi connectivity index (χ0) is 13.7. The minimum Gasteiger partial charge on any atom is -0.464 e. The molecule has 1 aliphatic heterocycles. The van der Waals surface area contributed by atoms with Gasteiger partial charge in [-0.3, -0.25) is 4.79 Å². The molecule has 1 fully saturated rings. The van der Waals surface area contributed by atoms with Crippen molar-refractivity contribution in [3.8, 4) is 0 Å². The van der Waals surface area contributed by atoms with Gasteiger partial charge in [0.25, 0.3) is 0 Å². The number of hydrogen-bond donors (Lipinski definition) is 2. The fourth-order valence-electron chi connectivity index (χ4n) is 2.58. The molecule has 0 radical (unpaired) electrons. The van der Waals surface area contributed by atoms with Crippen molar-refractivity contribution in [2.24, 2.45) is 5.92 Å². The Hall–Kier alpha value is -1.29. The van der Waals surface area contributed by atoms with Crippen LogP contribution in [-0.2, 0) is 4.79 Å². The Labute approximate surface area is 114 Å². The summed E-state index contributed by atoms with van der Waals surface area (Å²) in [5, 5.41) is 6.35. The maximum Gasteiger partial charge on any atom is 0.220 e. The predicted octanol–water partition coefficient (Wildman–Crippen LogP) is 2.55. The molecule has 1 aromatic rings. The molecule has 1 aliphatic rings. The lowest BCUT2D eigenvalue weighted by Gasteiger charge is -2.22. The van der Waals surface area contributed by atoms with Crippen molar-refractivity contribution in [2.75, 3.05) is 13.1 Å². The van der Waals surface area contributed by atoms with Gasteiger partial charge >= 0.3 is 0 Å². The molecule has 0 spiro atoms. The molecular weight excluding hydrogens is 240 g/mol. The first-order valence-corrected chi connectivity index (χ1v) is 7.21. The van der Waals surface area contributed by atoms with Crippen molar-refractivity contribution in [3.05, 3.63) is 23.7 Å². The first-order chi connectivity index (χ1) is 9.15. The summed E-state index contributed by atoms with van der Waals surface area (Å²) in [4.78, 5) is 11.9. The van der Waals surface area contributed by atoms with E-state index in [2.05, 4.69) is 10.6 Å². The molecule has 1 unspecified atom stereocenters. The average molecular weight is 264 g/mol. The fraction of sp³-hybridized carbons (Fsp3) is 0.667. The van der Waals surface area contributed by atoms with E-state index in [4.69, 9.17) is 4.42 Å². The highest BCUT2D eigenvalue weighted by Gasteiger charge is 2.16. The summed E-state index contributed by atoms with van der Waals surface area (Å²) in [7, 11) is 0. The molecule has 2 N–H and O–H groups in total. The van der Waals surface area contributed by atoms with Gasteiger partial charge in [-0.1, -0.05) is 0 Å². The molecule has 0 bridgehead atoms. The van der Waals surface area contributed by atoms with Gasteiger partial charge in [0.2, 0.25) is 5.91 Å². The Morgan fingerprint density at radius 2 is 2.21 bits per heavy atom. The Morgan fingerprint density at radius 3 is 2.84 bits per heavy atom. The number of carbonyl (C=O) groups excluding carboxylic acids is 1. The van der Waals surface area contributed by atoms with Crippen LogP contribution in [-0.4, -0.2) is 19.0 Å². The average Bonchev–Trinajstić information content (AvgIpc) is 2.84. The van der Waals surface area contributed by atoms with E-state index >= 15 is 0 Å². The van der Waals surface area contributed by atoms with Gasteiger partial charge in [0.15, 0.2) is 0 Å². The number of hydrogen-bond acceptors (Lipinski definition) is 3. The van der Waals surface area contributed by atoms with Crippen molar-refractivity contribution in [3.63, 3.8) is 0 Å². The van der Waals surface area contributed by atoms with E-state index in [1.807, 2.05) is 26.0 Å². The highest BCUT2D eigenvalue weighted by Crippen LogP contribution is 2.19. The predicted molar refractivity (Wildman–Crippen MR) is 74.8 cm³/mol. The van der Waals surface area contributed by atoms with E-state index in [1.165, 1.54) is 12.8 Å². The minimum absolute atomic E-state index is 0.0470. The summed E-state index contributed by atoms with van der Waals surface area (Å²) in [5.41, 5.74) is 0. The number of piperidine rings is 1. The zero-order valence-corrected chi connectivity index (χ0v) is 11.9. The fourth-order valence-corrected chi connectivity index (χ4v) is 2.58. The van der Waals surface area contributed by atoms with Crippen LogP contribution < -0.4 is 10.6 Å². The standard InChI is InChI=1S/C15H24N2O2/c1-11-3-5-14(19-11)12(2)17-15(18)6-4-13-7-9-16-10-8-13/h3,5,12-13,16H,4,6-10H2,1-2H3,(H,17,18). The quantitative estimate of drug-likeness (QED) is 0.859. The van der Waals surface area contributed by atoms with Gasteiger partial charge in [-0.05, 0) is 64.3 Å². The molecular formula is C15H24N2O2. The number of rotatable bonds is 5. The maximum atomic E-state index is 11.9. The van der Waals surface area contributed by atoms with Gasteiger partial charge in [-0.25, -0.2) is 0 Å². The molecule has 0 saturated carbocycles. The third kappa shape index (κ3) is 4.39. The second-order valence-electron chi connectivity index (χ2n) is 5.47. The van der Waals surface area contributed by atoms with Crippen molar-refractivity contribution in [1.29, 1.82) is 0 Å². The number of aryl methyl sites for hydroxylation is 1. The Morgan fingerprint density at radius 1 is 1.47 bits per heavy atom. The van der Waals surface area contributed by atoms with E-state index in [-0.39, 0.29) is 11.9 Å². The van der Waals surface area contributed by atoms with Gasteiger partial charge in [-0.15, -0.1) is 0 Å². The number of carbonyl (C=O) groups is 1. The third-order valence-corrected chi connectivity index (χ3v) is 3.80. The molecule has 4 heteroatoms. The highest BCUT2D eigenvalue weighted by atomic mass is 16.3. The first kappa shape index (κ1) is 14.1. The van der Waals surface area contributed by atoms with E-state index in [0.717, 1.165) is 31.0 Å². The topological polar surface area (TPSA) is 54.3 Å². The lowest BCUT2D eigenvalue weighted by Crippen LogP contribution is -2.30. The van der Waals surface area contributed by atoms with Crippen LogP contribution in [0.4, 0.5) is 0 Å². The molecule has 1 atom stereocenters. The number of nitrogens with one attached hydrogen (secondary N) is 2. The molecule has 0 aliphatic carbocycles. The van der Waals surface area contributed by atoms with Crippen molar-refractivity contribution in [2.45, 2.75) is 45.6 Å². The summed E-state index contributed by atoms with van der Waals surface area (Å²) >= 11 is 0. The minimum atomic E-state index is -0.0470. The lowest BCUT2D eigenvalue weighted by atomic mass is 9.93. The third-order valence-electron chi connectivity index (χ3n) is 3.80. The van der Waals surface area contributed by atoms with Crippen LogP contribution in [0, 0.1) is 12.8 Å². The van der Waals surface area contributed by atoms with E-state index in [1.54, 1.807) is 0 Å². The SMILES string of the molecule is Cc1ccc(C(C)NC(=O)CCC2CCNCC2)o1. The molecule has 1 saturated heterocycles. The molecule has 4 nitrogen and oxygen atoms in total. The molecule has 2 heterocycles. The zero-order valence-electron chi connectivity index (χ0n) is 11.9. The summed E-state index contributed by atoms with van der Waals surface area (Å²) < 4.78 is 5.52. The number of amides is 1. The van der Waals surface area contributed by atoms with E-state index in [0.29, 0.717) is 12.3 Å². The smallest absolute Gasteiger partial charge is 0.220 e. The van der Waals surface area contributed by atoms with Crippen LogP contribution >= 0.6 is 0 Å². The van der Waals surface area contributed by atoms with Crippen LogP contribution in [0.3, 0.4) is 0 Å². The van der Waals surface area contributed by atoms with Gasteiger partial charge in [-0.2, -0.15) is 0 Å². The molecule has 1 amide bonds. The second kappa shape index (κ2) is 6.75. The highest BCUT2D eigenvalue weighted by molar-refractivity contribution is 5.76. The van der Waals surface area contributed by atoms with E-state index < -0.39 is 0 Å². The van der Waals surface area contributed by atoms with Crippen LogP contribution in [0.25, 0.3) is 0 Å². The summed E-state index contributed by atoms with van der Waals surface area (Å²) in [6.45, 7) is 6.05. The summed E-state index contributed by atoms with van der Waals surface area (Å²) in [5.74, 6) is 2.53. The maximum absolute atomic E-state index is 11.9. The normalized spacial score (nSPS) is 18.2. The molecule has 106 valence electrons. The Balaban J connectivity index is 1.71. The molecule has 2 rings (SSSR count). The first-order valence-electron chi connectivity index (χ1n) is 7.21. The number of furan rings is 1. The van der Waals surface area contributed by atoms with Crippen molar-refractivity contribution >= 4 is 5.91 Å². The van der Waals surface area contributed by atoms with Crippen LogP contribution in [0.15, 0.2) is 16.5 Å². The van der Waals surface area contributed by atoms with Gasteiger partial charge in [0.05, 0.1) is 6.04 Å². The Bertz CT molecular complexity index is 408. The largest absolute Gasteiger partial charge is 0.464 e.